The summed E-state index contributed by atoms with van der Waals surface area (Å²) in [6.45, 7) is 1.46. The quantitative estimate of drug-likeness (QED) is 0.385. The number of hydrogen-bond acceptors (Lipinski definition) is 8. The zero-order valence-corrected chi connectivity index (χ0v) is 17.6. The number of carbonyl (C=O) groups is 2. The van der Waals surface area contributed by atoms with Crippen LogP contribution in [0.4, 0.5) is 19.3 Å². The Balaban J connectivity index is 2.09. The molecule has 1 heterocycles. The number of esters is 1. The summed E-state index contributed by atoms with van der Waals surface area (Å²) in [7, 11) is 2.32. The maximum Gasteiger partial charge on any atom is 0.424 e. The van der Waals surface area contributed by atoms with Gasteiger partial charge in [-0.1, -0.05) is 6.07 Å². The van der Waals surface area contributed by atoms with Gasteiger partial charge in [-0.2, -0.15) is 0 Å². The van der Waals surface area contributed by atoms with Gasteiger partial charge in [-0.15, -0.1) is 0 Å². The zero-order valence-electron chi connectivity index (χ0n) is 17.6. The lowest BCUT2D eigenvalue weighted by atomic mass is 9.94. The Labute approximate surface area is 185 Å². The number of rotatable bonds is 4. The molecule has 2 aromatic carbocycles. The number of aliphatic imine (C=N–C) groups is 1. The van der Waals surface area contributed by atoms with E-state index in [0.29, 0.717) is 0 Å². The fraction of sp³-hybridized carbons (Fsp3) is 0.190. The topological polar surface area (TPSA) is 121 Å². The average molecular weight is 461 g/mol. The van der Waals surface area contributed by atoms with Crippen molar-refractivity contribution in [2.24, 2.45) is 4.99 Å². The lowest BCUT2D eigenvalue weighted by molar-refractivity contribution is -0.384. The van der Waals surface area contributed by atoms with E-state index < -0.39 is 34.7 Å². The van der Waals surface area contributed by atoms with Gasteiger partial charge in [0.15, 0.2) is 11.6 Å². The van der Waals surface area contributed by atoms with E-state index in [1.807, 2.05) is 0 Å². The molecule has 0 aromatic heterocycles. The number of nitrogens with zero attached hydrogens (tertiary/aromatic N) is 3. The minimum absolute atomic E-state index is 0.0127. The van der Waals surface area contributed by atoms with Gasteiger partial charge in [-0.05, 0) is 36.8 Å². The summed E-state index contributed by atoms with van der Waals surface area (Å²) in [5.74, 6) is -3.26. The van der Waals surface area contributed by atoms with Crippen LogP contribution in [-0.2, 0) is 14.3 Å². The van der Waals surface area contributed by atoms with E-state index in [1.54, 1.807) is 0 Å². The number of halogens is 2. The molecule has 0 saturated heterocycles. The largest absolute Gasteiger partial charge is 0.468 e. The molecule has 3 rings (SSSR count). The molecule has 33 heavy (non-hydrogen) atoms. The molecule has 10 nitrogen and oxygen atoms in total. The number of non-ortho nitro benzene ring substituents is 1. The van der Waals surface area contributed by atoms with Crippen LogP contribution in [0.25, 0.3) is 0 Å². The Hall–Kier alpha value is -4.35. The molecule has 1 amide bonds. The van der Waals surface area contributed by atoms with Gasteiger partial charge in [0.2, 0.25) is 0 Å². The summed E-state index contributed by atoms with van der Waals surface area (Å²) >= 11 is 0. The maximum absolute atomic E-state index is 14.0. The minimum Gasteiger partial charge on any atom is -0.468 e. The predicted molar refractivity (Wildman–Crippen MR) is 109 cm³/mol. The van der Waals surface area contributed by atoms with Gasteiger partial charge >= 0.3 is 18.1 Å². The van der Waals surface area contributed by atoms with Crippen LogP contribution in [0.15, 0.2) is 58.7 Å². The Bertz CT molecular complexity index is 1180. The third-order valence-corrected chi connectivity index (χ3v) is 4.69. The highest BCUT2D eigenvalue weighted by Gasteiger charge is 2.42. The third kappa shape index (κ3) is 4.63. The molecule has 0 bridgehead atoms. The van der Waals surface area contributed by atoms with Gasteiger partial charge in [-0.3, -0.25) is 10.1 Å². The molecule has 0 saturated carbocycles. The highest BCUT2D eigenvalue weighted by molar-refractivity contribution is 5.99. The molecule has 2 aromatic rings. The normalized spacial score (nSPS) is 15.6. The number of nitro groups is 1. The molecule has 12 heteroatoms. The average Bonchev–Trinajstić information content (AvgIpc) is 2.79. The second-order valence-electron chi connectivity index (χ2n) is 6.65. The summed E-state index contributed by atoms with van der Waals surface area (Å²) in [6.07, 6.45) is -1.10. The van der Waals surface area contributed by atoms with E-state index in [0.717, 1.165) is 36.3 Å². The van der Waals surface area contributed by atoms with Crippen molar-refractivity contribution < 1.29 is 37.5 Å². The van der Waals surface area contributed by atoms with Crippen LogP contribution >= 0.6 is 0 Å². The summed E-state index contributed by atoms with van der Waals surface area (Å²) in [6, 6.07) is 5.85. The number of benzene rings is 2. The first kappa shape index (κ1) is 23.3. The first-order valence-electron chi connectivity index (χ1n) is 9.30. The molecular weight excluding hydrogens is 444 g/mol. The van der Waals surface area contributed by atoms with Crippen molar-refractivity contribution >= 4 is 23.8 Å². The Kier molecular flexibility index (Phi) is 6.66. The van der Waals surface area contributed by atoms with Crippen LogP contribution in [0.2, 0.25) is 0 Å². The summed E-state index contributed by atoms with van der Waals surface area (Å²) in [5, 5.41) is 10.8. The number of hydrogen-bond donors (Lipinski definition) is 0. The van der Waals surface area contributed by atoms with Crippen LogP contribution in [-0.4, -0.2) is 42.1 Å². The van der Waals surface area contributed by atoms with Crippen molar-refractivity contribution in [2.75, 3.05) is 14.2 Å². The smallest absolute Gasteiger partial charge is 0.424 e. The van der Waals surface area contributed by atoms with Crippen molar-refractivity contribution in [3.63, 3.8) is 0 Å². The van der Waals surface area contributed by atoms with Gasteiger partial charge in [0, 0.05) is 12.1 Å². The van der Waals surface area contributed by atoms with Crippen molar-refractivity contribution in [3.05, 3.63) is 81.0 Å². The molecule has 0 fully saturated rings. The maximum atomic E-state index is 14.0. The third-order valence-electron chi connectivity index (χ3n) is 4.69. The molecule has 1 atom stereocenters. The van der Waals surface area contributed by atoms with E-state index in [-0.39, 0.29) is 34.3 Å². The summed E-state index contributed by atoms with van der Waals surface area (Å²) in [5.41, 5.74) is -0.227. The molecule has 172 valence electrons. The molecule has 0 radical (unpaired) electrons. The number of nitro benzene ring substituents is 1. The number of methoxy groups -OCH3 is 2. The van der Waals surface area contributed by atoms with Gasteiger partial charge < -0.3 is 14.2 Å². The molecule has 1 aliphatic rings. The first-order chi connectivity index (χ1) is 15.7. The lowest BCUT2D eigenvalue weighted by Gasteiger charge is -2.34. The monoisotopic (exact) mass is 461 g/mol. The van der Waals surface area contributed by atoms with Gasteiger partial charge in [0.1, 0.15) is 11.8 Å². The number of amidine groups is 1. The molecule has 0 spiro atoms. The first-order valence-corrected chi connectivity index (χ1v) is 9.30. The van der Waals surface area contributed by atoms with Crippen LogP contribution in [0, 0.1) is 21.7 Å². The van der Waals surface area contributed by atoms with Gasteiger partial charge in [0.05, 0.1) is 30.4 Å². The van der Waals surface area contributed by atoms with Gasteiger partial charge in [0.25, 0.3) is 5.69 Å². The van der Waals surface area contributed by atoms with Crippen molar-refractivity contribution in [2.45, 2.75) is 13.0 Å². The SMILES string of the molecule is COC(=O)C1=C(C)N=C(OC)N(C(=O)Oc2ccc([N+](=O)[O-])cc2)C1c1ccc(F)c(F)c1. The zero-order chi connectivity index (χ0) is 24.3. The van der Waals surface area contributed by atoms with Crippen LogP contribution < -0.4 is 4.74 Å². The van der Waals surface area contributed by atoms with Crippen molar-refractivity contribution in [1.29, 1.82) is 0 Å². The highest BCUT2D eigenvalue weighted by Crippen LogP contribution is 2.37. The van der Waals surface area contributed by atoms with Crippen LogP contribution in [0.1, 0.15) is 18.5 Å². The Morgan fingerprint density at radius 3 is 2.30 bits per heavy atom. The summed E-state index contributed by atoms with van der Waals surface area (Å²) in [4.78, 5) is 40.8. The van der Waals surface area contributed by atoms with E-state index in [2.05, 4.69) is 4.99 Å². The van der Waals surface area contributed by atoms with E-state index in [9.17, 15) is 28.5 Å². The van der Waals surface area contributed by atoms with E-state index in [1.165, 1.54) is 32.2 Å². The number of allylic oxidation sites excluding steroid dienone is 1. The predicted octanol–water partition coefficient (Wildman–Crippen LogP) is 3.88. The second kappa shape index (κ2) is 9.42. The standard InChI is InChI=1S/C21H17F2N3O7/c1-11-17(19(27)31-2)18(12-4-9-15(22)16(23)10-12)25(20(24-11)32-3)21(28)33-14-7-5-13(6-8-14)26(29)30/h4-10,18H,1-3H3. The molecule has 0 N–H and O–H groups in total. The fourth-order valence-corrected chi connectivity index (χ4v) is 3.18. The lowest BCUT2D eigenvalue weighted by Crippen LogP contribution is -2.46. The highest BCUT2D eigenvalue weighted by atomic mass is 19.2. The van der Waals surface area contributed by atoms with Crippen molar-refractivity contribution in [3.8, 4) is 5.75 Å². The molecular formula is C21H17F2N3O7. The van der Waals surface area contributed by atoms with E-state index in [4.69, 9.17) is 14.2 Å². The van der Waals surface area contributed by atoms with Crippen LogP contribution in [0.3, 0.4) is 0 Å². The number of amides is 1. The number of ether oxygens (including phenoxy) is 3. The van der Waals surface area contributed by atoms with Gasteiger partial charge in [-0.25, -0.2) is 28.3 Å². The Morgan fingerprint density at radius 1 is 1.09 bits per heavy atom. The van der Waals surface area contributed by atoms with Crippen LogP contribution in [0.5, 0.6) is 5.75 Å². The van der Waals surface area contributed by atoms with E-state index >= 15 is 0 Å². The second-order valence-corrected chi connectivity index (χ2v) is 6.65. The molecule has 1 unspecified atom stereocenters. The summed E-state index contributed by atoms with van der Waals surface area (Å²) < 4.78 is 42.9. The minimum atomic E-state index is -1.34. The fourth-order valence-electron chi connectivity index (χ4n) is 3.18. The van der Waals surface area contributed by atoms with Crippen molar-refractivity contribution in [1.82, 2.24) is 4.90 Å². The molecule has 1 aliphatic heterocycles. The molecule has 0 aliphatic carbocycles. The number of carbonyl (C=O) groups excluding carboxylic acids is 2. The Morgan fingerprint density at radius 2 is 1.76 bits per heavy atom.